The van der Waals surface area contributed by atoms with Crippen LogP contribution in [0.4, 0.5) is 5.69 Å². The first kappa shape index (κ1) is 34.7. The highest BCUT2D eigenvalue weighted by Crippen LogP contribution is 2.42. The van der Waals surface area contributed by atoms with Crippen molar-refractivity contribution in [2.45, 2.75) is 40.5 Å². The van der Waals surface area contributed by atoms with Crippen LogP contribution in [0.2, 0.25) is 5.02 Å². The van der Waals surface area contributed by atoms with E-state index in [1.165, 1.54) is 18.0 Å². The summed E-state index contributed by atoms with van der Waals surface area (Å²) in [5.41, 5.74) is 5.10. The predicted octanol–water partition coefficient (Wildman–Crippen LogP) is 8.53. The number of hydrogen-bond donors (Lipinski definition) is 1. The lowest BCUT2D eigenvalue weighted by Crippen LogP contribution is -2.21. The Morgan fingerprint density at radius 3 is 2.48 bits per heavy atom. The monoisotopic (exact) mass is 730 g/mol. The molecule has 1 amide bonds. The van der Waals surface area contributed by atoms with Crippen LogP contribution in [0.3, 0.4) is 0 Å². The summed E-state index contributed by atoms with van der Waals surface area (Å²) in [7, 11) is 1.47. The summed E-state index contributed by atoms with van der Waals surface area (Å²) >= 11 is 10.3. The molecule has 248 valence electrons. The average Bonchev–Trinajstić information content (AvgIpc) is 3.06. The molecule has 0 saturated heterocycles. The molecule has 0 spiro atoms. The topological polar surface area (TPSA) is 104 Å². The Hall–Kier alpha value is -4.67. The Labute approximate surface area is 292 Å². The van der Waals surface area contributed by atoms with Crippen LogP contribution >= 0.6 is 27.5 Å². The maximum atomic E-state index is 13.9. The summed E-state index contributed by atoms with van der Waals surface area (Å²) in [6, 6.07) is 20.3. The average molecular weight is 732 g/mol. The molecule has 9 nitrogen and oxygen atoms in total. The Morgan fingerprint density at radius 2 is 1.79 bits per heavy atom. The fourth-order valence-corrected chi connectivity index (χ4v) is 5.81. The molecular weight excluding hydrogens is 696 g/mol. The molecule has 5 aromatic rings. The number of carbonyl (C=O) groups excluding carboxylic acids is 1. The molecule has 0 aliphatic carbocycles. The highest BCUT2D eigenvalue weighted by Gasteiger charge is 2.21. The number of hydrogen-bond acceptors (Lipinski definition) is 7. The van der Waals surface area contributed by atoms with Gasteiger partial charge in [-0.25, -0.2) is 4.98 Å². The fraction of sp³-hybridized carbons (Fsp3) is 0.243. The van der Waals surface area contributed by atoms with Gasteiger partial charge >= 0.3 is 0 Å². The van der Waals surface area contributed by atoms with Crippen LogP contribution < -0.4 is 25.1 Å². The first-order chi connectivity index (χ1) is 23.0. The van der Waals surface area contributed by atoms with Crippen molar-refractivity contribution in [2.24, 2.45) is 5.10 Å². The summed E-state index contributed by atoms with van der Waals surface area (Å²) in [5.74, 6) is 1.44. The molecule has 0 aliphatic heterocycles. The van der Waals surface area contributed by atoms with Crippen molar-refractivity contribution in [3.8, 4) is 28.6 Å². The summed E-state index contributed by atoms with van der Waals surface area (Å²) in [4.78, 5) is 31.4. The molecule has 5 rings (SSSR count). The SMILES string of the molecule is CCOc1cc(C)c(-c2nc3ccccc3c(=O)n2N=Cc2cc(OC)c(OCC(=O)Nc3ccc(C)cc3)c(Cl)c2Br)cc1C(C)C. The third kappa shape index (κ3) is 7.40. The first-order valence-electron chi connectivity index (χ1n) is 15.4. The van der Waals surface area contributed by atoms with Crippen molar-refractivity contribution in [3.63, 3.8) is 0 Å². The van der Waals surface area contributed by atoms with Gasteiger partial charge in [-0.15, -0.1) is 0 Å². The Bertz CT molecular complexity index is 2080. The molecule has 0 atom stereocenters. The Balaban J connectivity index is 1.54. The highest BCUT2D eigenvalue weighted by atomic mass is 79.9. The van der Waals surface area contributed by atoms with Crippen LogP contribution in [-0.2, 0) is 4.79 Å². The van der Waals surface area contributed by atoms with Gasteiger partial charge in [0.2, 0.25) is 0 Å². The van der Waals surface area contributed by atoms with Crippen molar-refractivity contribution in [2.75, 3.05) is 25.6 Å². The Kier molecular flexibility index (Phi) is 10.9. The minimum absolute atomic E-state index is 0.162. The summed E-state index contributed by atoms with van der Waals surface area (Å²) < 4.78 is 19.1. The van der Waals surface area contributed by atoms with Crippen LogP contribution in [-0.4, -0.2) is 42.1 Å². The van der Waals surface area contributed by atoms with Gasteiger partial charge in [-0.1, -0.05) is 55.3 Å². The zero-order chi connectivity index (χ0) is 34.5. The molecule has 4 aromatic carbocycles. The van der Waals surface area contributed by atoms with Gasteiger partial charge in [0.1, 0.15) is 10.8 Å². The molecule has 11 heteroatoms. The molecule has 0 radical (unpaired) electrons. The maximum Gasteiger partial charge on any atom is 0.282 e. The van der Waals surface area contributed by atoms with Gasteiger partial charge in [-0.05, 0) is 96.2 Å². The highest BCUT2D eigenvalue weighted by molar-refractivity contribution is 9.10. The zero-order valence-corrected chi connectivity index (χ0v) is 29.9. The second-order valence-electron chi connectivity index (χ2n) is 11.4. The number of halogens is 2. The number of ether oxygens (including phenoxy) is 3. The van der Waals surface area contributed by atoms with Gasteiger partial charge in [0.15, 0.2) is 23.9 Å². The number of amides is 1. The van der Waals surface area contributed by atoms with E-state index in [4.69, 9.17) is 30.8 Å². The lowest BCUT2D eigenvalue weighted by molar-refractivity contribution is -0.118. The molecule has 0 fully saturated rings. The number of methoxy groups -OCH3 is 1. The minimum atomic E-state index is -0.361. The van der Waals surface area contributed by atoms with E-state index in [2.05, 4.69) is 40.2 Å². The molecule has 48 heavy (non-hydrogen) atoms. The Morgan fingerprint density at radius 1 is 1.06 bits per heavy atom. The third-order valence-electron chi connectivity index (χ3n) is 7.64. The lowest BCUT2D eigenvalue weighted by atomic mass is 9.96. The van der Waals surface area contributed by atoms with Crippen LogP contribution in [0.15, 0.2) is 81.1 Å². The van der Waals surface area contributed by atoms with E-state index in [1.807, 2.05) is 69.3 Å². The van der Waals surface area contributed by atoms with E-state index < -0.39 is 0 Å². The molecular formula is C37H36BrClN4O5. The van der Waals surface area contributed by atoms with Crippen molar-refractivity contribution in [1.82, 2.24) is 9.66 Å². The standard InChI is InChI=1S/C37H36BrClN4O5/c1-7-47-30-16-23(5)28(18-27(30)21(2)3)36-42-29-11-9-8-10-26(29)37(45)43(36)40-19-24-17-31(46-6)35(34(39)33(24)38)48-20-32(44)41-25-14-12-22(4)13-15-25/h8-19,21H,7,20H2,1-6H3,(H,41,44). The number of carbonyl (C=O) groups is 1. The van der Waals surface area contributed by atoms with Gasteiger partial charge in [-0.2, -0.15) is 9.78 Å². The second-order valence-corrected chi connectivity index (χ2v) is 12.6. The summed E-state index contributed by atoms with van der Waals surface area (Å²) in [5, 5.41) is 8.04. The lowest BCUT2D eigenvalue weighted by Gasteiger charge is -2.18. The quantitative estimate of drug-likeness (QED) is 0.137. The molecule has 0 aliphatic rings. The third-order valence-corrected chi connectivity index (χ3v) is 9.09. The van der Waals surface area contributed by atoms with Crippen molar-refractivity contribution in [3.05, 3.63) is 109 Å². The zero-order valence-electron chi connectivity index (χ0n) is 27.6. The van der Waals surface area contributed by atoms with Gasteiger partial charge in [0.25, 0.3) is 11.5 Å². The number of benzene rings is 4. The number of aromatic nitrogens is 2. The van der Waals surface area contributed by atoms with Crippen LogP contribution in [0.1, 0.15) is 48.9 Å². The molecule has 0 bridgehead atoms. The molecule has 1 N–H and O–H groups in total. The van der Waals surface area contributed by atoms with Crippen LogP contribution in [0.25, 0.3) is 22.3 Å². The van der Waals surface area contributed by atoms with Crippen molar-refractivity contribution >= 4 is 56.2 Å². The number of para-hydroxylation sites is 1. The van der Waals surface area contributed by atoms with E-state index in [-0.39, 0.29) is 40.5 Å². The van der Waals surface area contributed by atoms with Crippen molar-refractivity contribution in [1.29, 1.82) is 0 Å². The molecule has 1 heterocycles. The number of fused-ring (bicyclic) bond motifs is 1. The van der Waals surface area contributed by atoms with E-state index in [9.17, 15) is 9.59 Å². The normalized spacial score (nSPS) is 11.4. The number of nitrogens with one attached hydrogen (secondary N) is 1. The number of nitrogens with zero attached hydrogens (tertiary/aromatic N) is 3. The van der Waals surface area contributed by atoms with E-state index in [0.717, 1.165) is 28.0 Å². The van der Waals surface area contributed by atoms with Crippen LogP contribution in [0.5, 0.6) is 17.2 Å². The number of rotatable bonds is 11. The molecule has 1 aromatic heterocycles. The number of anilines is 1. The smallest absolute Gasteiger partial charge is 0.282 e. The summed E-state index contributed by atoms with van der Waals surface area (Å²) in [6.07, 6.45) is 1.50. The predicted molar refractivity (Wildman–Crippen MR) is 195 cm³/mol. The summed E-state index contributed by atoms with van der Waals surface area (Å²) in [6.45, 7) is 10.3. The molecule has 0 saturated carbocycles. The van der Waals surface area contributed by atoms with E-state index >= 15 is 0 Å². The van der Waals surface area contributed by atoms with Gasteiger partial charge < -0.3 is 19.5 Å². The van der Waals surface area contributed by atoms with Crippen molar-refractivity contribution < 1.29 is 19.0 Å². The van der Waals surface area contributed by atoms with Gasteiger partial charge in [-0.3, -0.25) is 9.59 Å². The maximum absolute atomic E-state index is 13.9. The second kappa shape index (κ2) is 15.0. The van der Waals surface area contributed by atoms with Gasteiger partial charge in [0, 0.05) is 21.3 Å². The van der Waals surface area contributed by atoms with Crippen LogP contribution in [0, 0.1) is 13.8 Å². The molecule has 0 unspecified atom stereocenters. The van der Waals surface area contributed by atoms with Gasteiger partial charge in [0.05, 0.1) is 30.8 Å². The fourth-order valence-electron chi connectivity index (χ4n) is 5.15. The largest absolute Gasteiger partial charge is 0.494 e. The van der Waals surface area contributed by atoms with E-state index in [1.54, 1.807) is 18.2 Å². The minimum Gasteiger partial charge on any atom is -0.494 e. The number of aryl methyl sites for hydroxylation is 2. The first-order valence-corrected chi connectivity index (χ1v) is 16.6. The van der Waals surface area contributed by atoms with E-state index in [0.29, 0.717) is 39.1 Å².